The van der Waals surface area contributed by atoms with Crippen LogP contribution in [0.4, 0.5) is 0 Å². The summed E-state index contributed by atoms with van der Waals surface area (Å²) in [6.07, 6.45) is 0.896. The van der Waals surface area contributed by atoms with Crippen molar-refractivity contribution in [3.8, 4) is 0 Å². The molecule has 0 atom stereocenters. The third-order valence-electron chi connectivity index (χ3n) is 1.35. The molecule has 5 heteroatoms. The van der Waals surface area contributed by atoms with E-state index in [1.807, 2.05) is 6.92 Å². The van der Waals surface area contributed by atoms with Crippen molar-refractivity contribution in [3.63, 3.8) is 0 Å². The maximum absolute atomic E-state index is 5.61. The quantitative estimate of drug-likeness (QED) is 0.445. The van der Waals surface area contributed by atoms with Crippen molar-refractivity contribution in [3.05, 3.63) is 18.0 Å². The van der Waals surface area contributed by atoms with Gasteiger partial charge in [-0.3, -0.25) is 0 Å². The third-order valence-corrected chi connectivity index (χ3v) is 3.75. The molecule has 0 fully saturated rings. The van der Waals surface area contributed by atoms with Gasteiger partial charge in [-0.25, -0.2) is 4.98 Å². The van der Waals surface area contributed by atoms with Gasteiger partial charge in [0.1, 0.15) is 5.82 Å². The van der Waals surface area contributed by atoms with Crippen LogP contribution in [0.2, 0.25) is 0 Å². The van der Waals surface area contributed by atoms with E-state index in [1.54, 1.807) is 11.8 Å². The molecule has 1 aromatic rings. The van der Waals surface area contributed by atoms with E-state index in [1.165, 1.54) is 11.5 Å². The van der Waals surface area contributed by atoms with Gasteiger partial charge in [0, 0.05) is 18.1 Å². The minimum absolute atomic E-state index is 0.520. The summed E-state index contributed by atoms with van der Waals surface area (Å²) in [6.45, 7) is 5.87. The van der Waals surface area contributed by atoms with Gasteiger partial charge in [0.05, 0.1) is 0 Å². The molecule has 0 bridgehead atoms. The molecule has 13 heavy (non-hydrogen) atoms. The number of thioether (sulfide) groups is 1. The molecule has 0 saturated heterocycles. The summed E-state index contributed by atoms with van der Waals surface area (Å²) >= 11 is 8.70. The Morgan fingerprint density at radius 2 is 2.46 bits per heavy atom. The predicted molar refractivity (Wildman–Crippen MR) is 59.9 cm³/mol. The van der Waals surface area contributed by atoms with Crippen molar-refractivity contribution < 1.29 is 0 Å². The van der Waals surface area contributed by atoms with E-state index in [2.05, 4.69) is 15.9 Å². The van der Waals surface area contributed by atoms with Crippen LogP contribution in [0.1, 0.15) is 12.7 Å². The molecule has 1 rings (SSSR count). The molecule has 2 nitrogen and oxygen atoms in total. The highest BCUT2D eigenvalue weighted by Crippen LogP contribution is 2.22. The van der Waals surface area contributed by atoms with E-state index in [0.29, 0.717) is 5.88 Å². The van der Waals surface area contributed by atoms with E-state index < -0.39 is 0 Å². The van der Waals surface area contributed by atoms with Gasteiger partial charge in [-0.05, 0) is 11.5 Å². The lowest BCUT2D eigenvalue weighted by Crippen LogP contribution is -1.86. The average Bonchev–Trinajstić information content (AvgIpc) is 2.61. The second-order valence-electron chi connectivity index (χ2n) is 2.50. The van der Waals surface area contributed by atoms with Crippen molar-refractivity contribution >= 4 is 34.9 Å². The Hall–Kier alpha value is -0.0600. The number of nitrogens with zero attached hydrogens (tertiary/aromatic N) is 2. The second-order valence-corrected chi connectivity index (χ2v) is 4.74. The molecular weight excluding hydrogens is 224 g/mol. The molecule has 0 aliphatic carbocycles. The van der Waals surface area contributed by atoms with Crippen molar-refractivity contribution in [1.29, 1.82) is 0 Å². The van der Waals surface area contributed by atoms with E-state index in [0.717, 1.165) is 27.9 Å². The molecule has 1 aromatic heterocycles. The van der Waals surface area contributed by atoms with E-state index in [4.69, 9.17) is 11.6 Å². The van der Waals surface area contributed by atoms with Crippen LogP contribution in [0.15, 0.2) is 16.5 Å². The van der Waals surface area contributed by atoms with Gasteiger partial charge >= 0.3 is 0 Å². The minimum atomic E-state index is 0.520. The highest BCUT2D eigenvalue weighted by atomic mass is 35.5. The number of alkyl halides is 1. The molecule has 1 heterocycles. The largest absolute Gasteiger partial charge is 0.213 e. The van der Waals surface area contributed by atoms with Crippen LogP contribution < -0.4 is 0 Å². The monoisotopic (exact) mass is 234 g/mol. The molecule has 0 radical (unpaired) electrons. The SMILES string of the molecule is C=C(CCl)CSc1nc(CC)ns1. The summed E-state index contributed by atoms with van der Waals surface area (Å²) in [5.41, 5.74) is 1.03. The Morgan fingerprint density at radius 3 is 3.00 bits per heavy atom. The Labute approximate surface area is 91.6 Å². The maximum Gasteiger partial charge on any atom is 0.170 e. The Morgan fingerprint density at radius 1 is 1.69 bits per heavy atom. The molecule has 0 spiro atoms. The second kappa shape index (κ2) is 5.62. The zero-order chi connectivity index (χ0) is 9.68. The Balaban J connectivity index is 2.41. The highest BCUT2D eigenvalue weighted by Gasteiger charge is 2.03. The average molecular weight is 235 g/mol. The molecule has 0 unspecified atom stereocenters. The molecule has 0 N–H and O–H groups in total. The topological polar surface area (TPSA) is 25.8 Å². The molecule has 72 valence electrons. The van der Waals surface area contributed by atoms with Gasteiger partial charge < -0.3 is 0 Å². The first kappa shape index (κ1) is 11.0. The first-order valence-corrected chi connectivity index (χ1v) is 6.23. The summed E-state index contributed by atoms with van der Waals surface area (Å²) in [4.78, 5) is 4.32. The summed E-state index contributed by atoms with van der Waals surface area (Å²) in [5.74, 6) is 2.28. The number of aromatic nitrogens is 2. The fraction of sp³-hybridized carbons (Fsp3) is 0.500. The van der Waals surface area contributed by atoms with Crippen LogP contribution in [-0.4, -0.2) is 21.0 Å². The van der Waals surface area contributed by atoms with Gasteiger partial charge in [0.25, 0.3) is 0 Å². The number of halogens is 1. The highest BCUT2D eigenvalue weighted by molar-refractivity contribution is 8.01. The van der Waals surface area contributed by atoms with Gasteiger partial charge in [-0.15, -0.1) is 11.6 Å². The van der Waals surface area contributed by atoms with Crippen LogP contribution in [-0.2, 0) is 6.42 Å². The van der Waals surface area contributed by atoms with Gasteiger partial charge in [0.2, 0.25) is 0 Å². The van der Waals surface area contributed by atoms with Gasteiger partial charge in [-0.1, -0.05) is 30.8 Å². The molecule has 0 aromatic carbocycles. The first-order chi connectivity index (χ1) is 6.26. The van der Waals surface area contributed by atoms with Crippen molar-refractivity contribution in [2.24, 2.45) is 0 Å². The van der Waals surface area contributed by atoms with E-state index >= 15 is 0 Å². The first-order valence-electron chi connectivity index (χ1n) is 3.94. The fourth-order valence-corrected chi connectivity index (χ4v) is 2.45. The smallest absolute Gasteiger partial charge is 0.170 e. The van der Waals surface area contributed by atoms with Gasteiger partial charge in [-0.2, -0.15) is 4.37 Å². The normalized spacial score (nSPS) is 10.3. The molecular formula is C8H11ClN2S2. The number of aryl methyl sites for hydroxylation is 1. The van der Waals surface area contributed by atoms with Crippen molar-refractivity contribution in [2.75, 3.05) is 11.6 Å². The van der Waals surface area contributed by atoms with Crippen LogP contribution in [0.3, 0.4) is 0 Å². The lowest BCUT2D eigenvalue weighted by molar-refractivity contribution is 0.972. The summed E-state index contributed by atoms with van der Waals surface area (Å²) in [5, 5.41) is 0. The molecule has 0 amide bonds. The van der Waals surface area contributed by atoms with Crippen LogP contribution >= 0.6 is 34.9 Å². The summed E-state index contributed by atoms with van der Waals surface area (Å²) in [6, 6.07) is 0. The molecule has 0 aliphatic rings. The van der Waals surface area contributed by atoms with E-state index in [-0.39, 0.29) is 0 Å². The Bertz CT molecular complexity index is 285. The van der Waals surface area contributed by atoms with Crippen molar-refractivity contribution in [1.82, 2.24) is 9.36 Å². The number of hydrogen-bond acceptors (Lipinski definition) is 4. The zero-order valence-corrected chi connectivity index (χ0v) is 9.81. The third kappa shape index (κ3) is 3.67. The van der Waals surface area contributed by atoms with Gasteiger partial charge in [0.15, 0.2) is 4.34 Å². The predicted octanol–water partition coefficient (Wildman–Crippen LogP) is 2.99. The van der Waals surface area contributed by atoms with Crippen molar-refractivity contribution in [2.45, 2.75) is 17.7 Å². The van der Waals surface area contributed by atoms with Crippen LogP contribution in [0, 0.1) is 0 Å². The van der Waals surface area contributed by atoms with Crippen LogP contribution in [0.5, 0.6) is 0 Å². The zero-order valence-electron chi connectivity index (χ0n) is 7.42. The van der Waals surface area contributed by atoms with E-state index in [9.17, 15) is 0 Å². The van der Waals surface area contributed by atoms with Crippen LogP contribution in [0.25, 0.3) is 0 Å². The fourth-order valence-electron chi connectivity index (χ4n) is 0.643. The maximum atomic E-state index is 5.61. The number of hydrogen-bond donors (Lipinski definition) is 0. The standard InChI is InChI=1S/C8H11ClN2S2/c1-3-7-10-8(13-11-7)12-5-6(2)4-9/h2-5H2,1H3. The number of rotatable bonds is 5. The summed E-state index contributed by atoms with van der Waals surface area (Å²) in [7, 11) is 0. The molecule has 0 saturated carbocycles. The summed E-state index contributed by atoms with van der Waals surface area (Å²) < 4.78 is 5.19. The lowest BCUT2D eigenvalue weighted by Gasteiger charge is -1.96. The minimum Gasteiger partial charge on any atom is -0.213 e. The Kier molecular flexibility index (Phi) is 4.77. The lowest BCUT2D eigenvalue weighted by atomic mass is 10.4. The molecule has 0 aliphatic heterocycles.